The van der Waals surface area contributed by atoms with E-state index in [1.54, 1.807) is 37.3 Å². The van der Waals surface area contributed by atoms with Gasteiger partial charge in [0.15, 0.2) is 0 Å². The third kappa shape index (κ3) is 8.37. The molecule has 1 unspecified atom stereocenters. The third-order valence-corrected chi connectivity index (χ3v) is 10.8. The summed E-state index contributed by atoms with van der Waals surface area (Å²) in [5.41, 5.74) is 1.65. The molecule has 3 aromatic rings. The van der Waals surface area contributed by atoms with Crippen LogP contribution in [-0.4, -0.2) is 43.8 Å². The minimum Gasteiger partial charge on any atom is -0.352 e. The van der Waals surface area contributed by atoms with Gasteiger partial charge in [0.25, 0.3) is 10.0 Å². The van der Waals surface area contributed by atoms with Crippen LogP contribution >= 0.6 is 46.4 Å². The highest BCUT2D eigenvalue weighted by molar-refractivity contribution is 7.92. The first-order valence-corrected chi connectivity index (χ1v) is 16.9. The molecule has 0 spiro atoms. The molecule has 1 fully saturated rings. The minimum absolute atomic E-state index is 0.00362. The predicted octanol–water partition coefficient (Wildman–Crippen LogP) is 7.67. The second-order valence-corrected chi connectivity index (χ2v) is 14.2. The maximum atomic E-state index is 14.1. The van der Waals surface area contributed by atoms with Gasteiger partial charge in [0.2, 0.25) is 11.8 Å². The van der Waals surface area contributed by atoms with Gasteiger partial charge >= 0.3 is 0 Å². The highest BCUT2D eigenvalue weighted by atomic mass is 35.5. The fourth-order valence-corrected chi connectivity index (χ4v) is 7.01. The summed E-state index contributed by atoms with van der Waals surface area (Å²) in [5.74, 6) is -0.915. The number of hydrogen-bond donors (Lipinski definition) is 1. The number of anilines is 1. The number of carbonyl (C=O) groups is 2. The van der Waals surface area contributed by atoms with Crippen LogP contribution in [0.3, 0.4) is 0 Å². The lowest BCUT2D eigenvalue weighted by molar-refractivity contribution is -0.139. The normalized spacial score (nSPS) is 14.7. The average Bonchev–Trinajstić information content (AvgIpc) is 2.98. The number of halogens is 4. The first-order chi connectivity index (χ1) is 20.4. The van der Waals surface area contributed by atoms with Crippen LogP contribution in [0.1, 0.15) is 50.2 Å². The Labute approximate surface area is 273 Å². The van der Waals surface area contributed by atoms with Gasteiger partial charge in [0, 0.05) is 12.6 Å². The maximum Gasteiger partial charge on any atom is 0.264 e. The summed E-state index contributed by atoms with van der Waals surface area (Å²) in [4.78, 5) is 28.9. The zero-order valence-electron chi connectivity index (χ0n) is 23.8. The standard InChI is InChI=1S/C31H33Cl4N3O4S/c1-20-8-12-25(13-9-20)43(41,42)38(24-11-15-27(33)29(35)17-24)19-30(39)37(18-22-10-14-26(32)28(34)16-22)21(2)31(40)36-23-6-4-3-5-7-23/h8-17,21,23H,3-7,18-19H2,1-2H3,(H,36,40). The Balaban J connectivity index is 1.71. The van der Waals surface area contributed by atoms with Crippen molar-refractivity contribution >= 4 is 73.9 Å². The highest BCUT2D eigenvalue weighted by Gasteiger charge is 2.33. The van der Waals surface area contributed by atoms with E-state index in [1.807, 2.05) is 6.92 Å². The predicted molar refractivity (Wildman–Crippen MR) is 174 cm³/mol. The summed E-state index contributed by atoms with van der Waals surface area (Å²) in [6.45, 7) is 2.87. The first-order valence-electron chi connectivity index (χ1n) is 13.9. The van der Waals surface area contributed by atoms with Gasteiger partial charge in [-0.05, 0) is 74.7 Å². The highest BCUT2D eigenvalue weighted by Crippen LogP contribution is 2.31. The number of amides is 2. The molecular formula is C31H33Cl4N3O4S. The topological polar surface area (TPSA) is 86.8 Å². The van der Waals surface area contributed by atoms with E-state index in [4.69, 9.17) is 46.4 Å². The number of aryl methyl sites for hydroxylation is 1. The van der Waals surface area contributed by atoms with E-state index in [1.165, 1.54) is 35.2 Å². The first kappa shape index (κ1) is 33.4. The molecule has 1 aliphatic carbocycles. The van der Waals surface area contributed by atoms with Crippen molar-refractivity contribution in [1.82, 2.24) is 10.2 Å². The van der Waals surface area contributed by atoms with Gasteiger partial charge in [-0.25, -0.2) is 8.42 Å². The lowest BCUT2D eigenvalue weighted by atomic mass is 9.95. The van der Waals surface area contributed by atoms with E-state index in [0.29, 0.717) is 15.6 Å². The van der Waals surface area contributed by atoms with E-state index < -0.39 is 28.5 Å². The van der Waals surface area contributed by atoms with Crippen molar-refractivity contribution < 1.29 is 18.0 Å². The molecule has 0 heterocycles. The van der Waals surface area contributed by atoms with Crippen LogP contribution < -0.4 is 9.62 Å². The Kier molecular flexibility index (Phi) is 11.3. The molecule has 0 saturated heterocycles. The van der Waals surface area contributed by atoms with Crippen LogP contribution in [0.15, 0.2) is 65.6 Å². The molecule has 2 amide bonds. The van der Waals surface area contributed by atoms with Crippen molar-refractivity contribution in [3.63, 3.8) is 0 Å². The molecule has 1 aliphatic rings. The number of carbonyl (C=O) groups excluding carboxylic acids is 2. The van der Waals surface area contributed by atoms with Crippen LogP contribution in [0.4, 0.5) is 5.69 Å². The molecule has 1 N–H and O–H groups in total. The van der Waals surface area contributed by atoms with Crippen LogP contribution in [0.2, 0.25) is 20.1 Å². The summed E-state index contributed by atoms with van der Waals surface area (Å²) in [6, 6.07) is 14.7. The van der Waals surface area contributed by atoms with Gasteiger partial charge in [0.1, 0.15) is 12.6 Å². The van der Waals surface area contributed by atoms with Gasteiger partial charge in [-0.15, -0.1) is 0 Å². The fraction of sp³-hybridized carbons (Fsp3) is 0.355. The van der Waals surface area contributed by atoms with Crippen molar-refractivity contribution in [2.24, 2.45) is 0 Å². The Bertz CT molecular complexity index is 1580. The quantitative estimate of drug-likeness (QED) is 0.238. The summed E-state index contributed by atoms with van der Waals surface area (Å²) < 4.78 is 28.9. The van der Waals surface area contributed by atoms with Crippen molar-refractivity contribution in [3.8, 4) is 0 Å². The molecule has 1 atom stereocenters. The van der Waals surface area contributed by atoms with E-state index >= 15 is 0 Å². The van der Waals surface area contributed by atoms with Gasteiger partial charge in [-0.3, -0.25) is 13.9 Å². The van der Waals surface area contributed by atoms with Crippen LogP contribution in [0.5, 0.6) is 0 Å². The largest absolute Gasteiger partial charge is 0.352 e. The zero-order valence-corrected chi connectivity index (χ0v) is 27.7. The van der Waals surface area contributed by atoms with Gasteiger partial charge in [0.05, 0.1) is 30.7 Å². The molecule has 12 heteroatoms. The second kappa shape index (κ2) is 14.5. The third-order valence-electron chi connectivity index (χ3n) is 7.53. The fourth-order valence-electron chi connectivity index (χ4n) is 4.99. The number of nitrogens with one attached hydrogen (secondary N) is 1. The number of benzene rings is 3. The lowest BCUT2D eigenvalue weighted by Gasteiger charge is -2.33. The Hall–Kier alpha value is -2.49. The van der Waals surface area contributed by atoms with E-state index in [-0.39, 0.29) is 39.1 Å². The van der Waals surface area contributed by atoms with Crippen LogP contribution in [0, 0.1) is 6.92 Å². The molecule has 0 aliphatic heterocycles. The molecule has 4 rings (SSSR count). The average molecular weight is 686 g/mol. The van der Waals surface area contributed by atoms with Gasteiger partial charge in [-0.1, -0.05) is 89.4 Å². The Morgan fingerprint density at radius 2 is 1.47 bits per heavy atom. The molecular weight excluding hydrogens is 652 g/mol. The molecule has 0 bridgehead atoms. The Morgan fingerprint density at radius 1 is 0.860 bits per heavy atom. The smallest absolute Gasteiger partial charge is 0.264 e. The SMILES string of the molecule is Cc1ccc(S(=O)(=O)N(CC(=O)N(Cc2ccc(Cl)c(Cl)c2)C(C)C(=O)NC2CCCCC2)c2ccc(Cl)c(Cl)c2)cc1. The van der Waals surface area contributed by atoms with Crippen molar-refractivity contribution in [2.75, 3.05) is 10.8 Å². The molecule has 0 radical (unpaired) electrons. The number of nitrogens with zero attached hydrogens (tertiary/aromatic N) is 2. The maximum absolute atomic E-state index is 14.1. The van der Waals surface area contributed by atoms with E-state index in [9.17, 15) is 18.0 Å². The van der Waals surface area contributed by atoms with Gasteiger partial charge in [-0.2, -0.15) is 0 Å². The van der Waals surface area contributed by atoms with Crippen LogP contribution in [0.25, 0.3) is 0 Å². The van der Waals surface area contributed by atoms with Crippen LogP contribution in [-0.2, 0) is 26.2 Å². The monoisotopic (exact) mass is 683 g/mol. The van der Waals surface area contributed by atoms with Gasteiger partial charge < -0.3 is 10.2 Å². The summed E-state index contributed by atoms with van der Waals surface area (Å²) in [5, 5.41) is 4.08. The molecule has 1 saturated carbocycles. The second-order valence-electron chi connectivity index (χ2n) is 10.7. The summed E-state index contributed by atoms with van der Waals surface area (Å²) in [7, 11) is -4.24. The van der Waals surface area contributed by atoms with Crippen molar-refractivity contribution in [1.29, 1.82) is 0 Å². The Morgan fingerprint density at radius 3 is 2.07 bits per heavy atom. The van der Waals surface area contributed by atoms with Crippen molar-refractivity contribution in [2.45, 2.75) is 69.5 Å². The molecule has 3 aromatic carbocycles. The van der Waals surface area contributed by atoms with E-state index in [0.717, 1.165) is 42.0 Å². The molecule has 230 valence electrons. The minimum atomic E-state index is -4.24. The summed E-state index contributed by atoms with van der Waals surface area (Å²) in [6.07, 6.45) is 4.93. The zero-order chi connectivity index (χ0) is 31.3. The molecule has 7 nitrogen and oxygen atoms in total. The van der Waals surface area contributed by atoms with Crippen molar-refractivity contribution in [3.05, 3.63) is 91.9 Å². The molecule has 43 heavy (non-hydrogen) atoms. The number of sulfonamides is 1. The number of hydrogen-bond acceptors (Lipinski definition) is 4. The lowest BCUT2D eigenvalue weighted by Crippen LogP contribution is -2.53. The molecule has 0 aromatic heterocycles. The summed E-state index contributed by atoms with van der Waals surface area (Å²) >= 11 is 24.8. The number of rotatable bonds is 10. The van der Waals surface area contributed by atoms with E-state index in [2.05, 4.69) is 5.32 Å².